The van der Waals surface area contributed by atoms with Gasteiger partial charge in [-0.15, -0.1) is 0 Å². The first-order chi connectivity index (χ1) is 13.9. The van der Waals surface area contributed by atoms with E-state index < -0.39 is 5.92 Å². The third-order valence-electron chi connectivity index (χ3n) is 5.09. The highest BCUT2D eigenvalue weighted by atomic mass is 35.5. The molecule has 0 saturated carbocycles. The molecule has 0 spiro atoms. The molecule has 2 aliphatic heterocycles. The van der Waals surface area contributed by atoms with Gasteiger partial charge in [0.15, 0.2) is 11.5 Å². The van der Waals surface area contributed by atoms with E-state index in [1.807, 2.05) is 12.1 Å². The molecule has 0 unspecified atom stereocenters. The first-order valence-electron chi connectivity index (χ1n) is 9.31. The van der Waals surface area contributed by atoms with Gasteiger partial charge in [0.25, 0.3) is 0 Å². The number of halogens is 2. The van der Waals surface area contributed by atoms with Crippen molar-refractivity contribution in [1.82, 2.24) is 4.90 Å². The van der Waals surface area contributed by atoms with Gasteiger partial charge in [-0.1, -0.05) is 29.3 Å². The van der Waals surface area contributed by atoms with E-state index in [1.54, 1.807) is 41.1 Å². The fourth-order valence-electron chi connectivity index (χ4n) is 3.62. The summed E-state index contributed by atoms with van der Waals surface area (Å²) in [6, 6.07) is 10.7. The molecule has 1 fully saturated rings. The second-order valence-corrected chi connectivity index (χ2v) is 7.99. The number of nitrogens with zero attached hydrogens (tertiary/aromatic N) is 2. The highest BCUT2D eigenvalue weighted by molar-refractivity contribution is 6.42. The first-order valence-corrected chi connectivity index (χ1v) is 10.1. The summed E-state index contributed by atoms with van der Waals surface area (Å²) in [6.45, 7) is 1.72. The van der Waals surface area contributed by atoms with Crippen molar-refractivity contribution in [2.75, 3.05) is 31.7 Å². The largest absolute Gasteiger partial charge is 0.486 e. The van der Waals surface area contributed by atoms with Gasteiger partial charge in [0.2, 0.25) is 11.8 Å². The number of benzene rings is 2. The Balaban J connectivity index is 1.44. The van der Waals surface area contributed by atoms with Crippen molar-refractivity contribution in [3.8, 4) is 11.5 Å². The van der Waals surface area contributed by atoms with Gasteiger partial charge in [0, 0.05) is 38.3 Å². The number of anilines is 1. The minimum absolute atomic E-state index is 0.0792. The first kappa shape index (κ1) is 19.9. The summed E-state index contributed by atoms with van der Waals surface area (Å²) < 4.78 is 11.1. The molecule has 0 radical (unpaired) electrons. The predicted molar refractivity (Wildman–Crippen MR) is 111 cm³/mol. The number of hydrogen-bond acceptors (Lipinski definition) is 4. The van der Waals surface area contributed by atoms with Crippen LogP contribution in [0.1, 0.15) is 12.0 Å². The lowest BCUT2D eigenvalue weighted by Crippen LogP contribution is -2.34. The Morgan fingerprint density at radius 1 is 1.10 bits per heavy atom. The Bertz CT molecular complexity index is 966. The summed E-state index contributed by atoms with van der Waals surface area (Å²) >= 11 is 12.0. The van der Waals surface area contributed by atoms with Crippen LogP contribution in [0.25, 0.3) is 0 Å². The van der Waals surface area contributed by atoms with Gasteiger partial charge in [0.05, 0.1) is 16.0 Å². The molecule has 1 atom stereocenters. The van der Waals surface area contributed by atoms with Crippen molar-refractivity contribution in [1.29, 1.82) is 0 Å². The normalized spacial score (nSPS) is 18.1. The number of amides is 2. The smallest absolute Gasteiger partial charge is 0.228 e. The van der Waals surface area contributed by atoms with Crippen LogP contribution in [0.2, 0.25) is 10.0 Å². The van der Waals surface area contributed by atoms with E-state index in [0.29, 0.717) is 53.5 Å². The number of hydrogen-bond donors (Lipinski definition) is 0. The molecular formula is C21H20Cl2N2O4. The van der Waals surface area contributed by atoms with Gasteiger partial charge in [-0.2, -0.15) is 0 Å². The fraction of sp³-hybridized carbons (Fsp3) is 0.333. The molecule has 6 nitrogen and oxygen atoms in total. The average Bonchev–Trinajstić information content (AvgIpc) is 3.11. The Hall–Kier alpha value is -2.44. The van der Waals surface area contributed by atoms with E-state index in [9.17, 15) is 9.59 Å². The number of carbonyl (C=O) groups is 2. The summed E-state index contributed by atoms with van der Waals surface area (Å²) in [4.78, 5) is 28.7. The summed E-state index contributed by atoms with van der Waals surface area (Å²) in [5.74, 6) is 0.726. The third-order valence-corrected chi connectivity index (χ3v) is 5.83. The van der Waals surface area contributed by atoms with Crippen LogP contribution in [-0.4, -0.2) is 43.5 Å². The molecular weight excluding hydrogens is 415 g/mol. The molecule has 1 saturated heterocycles. The molecule has 2 heterocycles. The lowest BCUT2D eigenvalue weighted by atomic mass is 10.1. The zero-order chi connectivity index (χ0) is 20.5. The highest BCUT2D eigenvalue weighted by Gasteiger charge is 2.37. The number of ether oxygens (including phenoxy) is 2. The van der Waals surface area contributed by atoms with E-state index in [4.69, 9.17) is 32.7 Å². The van der Waals surface area contributed by atoms with Crippen molar-refractivity contribution in [3.63, 3.8) is 0 Å². The molecule has 29 heavy (non-hydrogen) atoms. The summed E-state index contributed by atoms with van der Waals surface area (Å²) in [7, 11) is 1.72. The van der Waals surface area contributed by atoms with E-state index in [-0.39, 0.29) is 18.2 Å². The molecule has 0 aliphatic carbocycles. The summed E-state index contributed by atoms with van der Waals surface area (Å²) in [5.41, 5.74) is 1.59. The Morgan fingerprint density at radius 3 is 2.62 bits per heavy atom. The van der Waals surface area contributed by atoms with E-state index >= 15 is 0 Å². The Kier molecular flexibility index (Phi) is 5.56. The summed E-state index contributed by atoms with van der Waals surface area (Å²) in [5, 5.41) is 0.923. The van der Waals surface area contributed by atoms with Gasteiger partial charge in [0.1, 0.15) is 13.2 Å². The highest BCUT2D eigenvalue weighted by Crippen LogP contribution is 2.36. The zero-order valence-corrected chi connectivity index (χ0v) is 17.4. The molecule has 2 amide bonds. The van der Waals surface area contributed by atoms with Gasteiger partial charge >= 0.3 is 0 Å². The maximum atomic E-state index is 12.9. The van der Waals surface area contributed by atoms with Gasteiger partial charge < -0.3 is 19.3 Å². The van der Waals surface area contributed by atoms with Crippen LogP contribution in [0.3, 0.4) is 0 Å². The number of rotatable bonds is 4. The van der Waals surface area contributed by atoms with Crippen LogP contribution >= 0.6 is 23.2 Å². The average molecular weight is 435 g/mol. The van der Waals surface area contributed by atoms with Crippen molar-refractivity contribution in [2.45, 2.75) is 13.0 Å². The maximum absolute atomic E-state index is 12.9. The van der Waals surface area contributed by atoms with Crippen LogP contribution in [-0.2, 0) is 16.1 Å². The molecule has 2 aliphatic rings. The quantitative estimate of drug-likeness (QED) is 0.734. The van der Waals surface area contributed by atoms with Crippen LogP contribution < -0.4 is 14.4 Å². The van der Waals surface area contributed by atoms with Crippen LogP contribution in [0.15, 0.2) is 36.4 Å². The molecule has 4 rings (SSSR count). The molecule has 2 aromatic rings. The van der Waals surface area contributed by atoms with Crippen molar-refractivity contribution >= 4 is 40.7 Å². The zero-order valence-electron chi connectivity index (χ0n) is 15.9. The van der Waals surface area contributed by atoms with E-state index in [1.165, 1.54) is 0 Å². The third kappa shape index (κ3) is 4.14. The number of carbonyl (C=O) groups excluding carboxylic acids is 2. The van der Waals surface area contributed by atoms with Crippen molar-refractivity contribution in [2.24, 2.45) is 5.92 Å². The Morgan fingerprint density at radius 2 is 1.86 bits per heavy atom. The molecule has 152 valence electrons. The fourth-order valence-corrected chi connectivity index (χ4v) is 3.94. The predicted octanol–water partition coefficient (Wildman–Crippen LogP) is 3.78. The molecule has 2 aromatic carbocycles. The SMILES string of the molecule is CN(Cc1ccc(Cl)c(Cl)c1)C(=O)[C@@H]1CC(=O)N(c2ccc3c(c2)OCCO3)C1. The van der Waals surface area contributed by atoms with Crippen molar-refractivity contribution in [3.05, 3.63) is 52.0 Å². The lowest BCUT2D eigenvalue weighted by molar-refractivity contribution is -0.135. The second kappa shape index (κ2) is 8.13. The van der Waals surface area contributed by atoms with Gasteiger partial charge in [-0.3, -0.25) is 9.59 Å². The molecule has 0 N–H and O–H groups in total. The van der Waals surface area contributed by atoms with Gasteiger partial charge in [-0.05, 0) is 29.8 Å². The minimum atomic E-state index is -0.400. The number of fused-ring (bicyclic) bond motifs is 1. The molecule has 0 aromatic heterocycles. The topological polar surface area (TPSA) is 59.1 Å². The standard InChI is InChI=1S/C21H20Cl2N2O4/c1-24(11-13-2-4-16(22)17(23)8-13)21(27)14-9-20(26)25(12-14)15-3-5-18-19(10-15)29-7-6-28-18/h2-5,8,10,14H,6-7,9,11-12H2,1H3/t14-/m1/s1. The maximum Gasteiger partial charge on any atom is 0.228 e. The Labute approximate surface area is 178 Å². The monoisotopic (exact) mass is 434 g/mol. The minimum Gasteiger partial charge on any atom is -0.486 e. The molecule has 8 heteroatoms. The van der Waals surface area contributed by atoms with Crippen LogP contribution in [0.5, 0.6) is 11.5 Å². The van der Waals surface area contributed by atoms with E-state index in [2.05, 4.69) is 0 Å². The molecule has 0 bridgehead atoms. The van der Waals surface area contributed by atoms with E-state index in [0.717, 1.165) is 5.56 Å². The second-order valence-electron chi connectivity index (χ2n) is 7.18. The van der Waals surface area contributed by atoms with Crippen LogP contribution in [0, 0.1) is 5.92 Å². The van der Waals surface area contributed by atoms with Gasteiger partial charge in [-0.25, -0.2) is 0 Å². The van der Waals surface area contributed by atoms with Crippen LogP contribution in [0.4, 0.5) is 5.69 Å². The lowest BCUT2D eigenvalue weighted by Gasteiger charge is -2.23. The summed E-state index contributed by atoms with van der Waals surface area (Å²) in [6.07, 6.45) is 0.180. The van der Waals surface area contributed by atoms with Crippen molar-refractivity contribution < 1.29 is 19.1 Å².